The molecule has 8 heteroatoms. The Morgan fingerprint density at radius 1 is 1.19 bits per heavy atom. The molecule has 0 amide bonds. The van der Waals surface area contributed by atoms with Gasteiger partial charge in [0.25, 0.3) is 0 Å². The van der Waals surface area contributed by atoms with Crippen LogP contribution in [0.2, 0.25) is 5.02 Å². The van der Waals surface area contributed by atoms with Crippen LogP contribution in [0.4, 0.5) is 10.1 Å². The van der Waals surface area contributed by atoms with E-state index in [-0.39, 0.29) is 12.0 Å². The topological polar surface area (TPSA) is 72.1 Å². The van der Waals surface area contributed by atoms with Crippen LogP contribution in [0, 0.1) is 5.82 Å². The molecule has 1 saturated heterocycles. The second-order valence-corrected chi connectivity index (χ2v) is 8.43. The fraction of sp³-hybridized carbons (Fsp3) is 0.250. The van der Waals surface area contributed by atoms with E-state index in [9.17, 15) is 4.79 Å². The molecule has 0 radical (unpaired) electrons. The maximum Gasteiger partial charge on any atom is 0.200 e. The van der Waals surface area contributed by atoms with Gasteiger partial charge < -0.3 is 9.32 Å². The zero-order valence-corrected chi connectivity index (χ0v) is 18.1. The van der Waals surface area contributed by atoms with E-state index in [1.54, 1.807) is 36.7 Å². The molecule has 32 heavy (non-hydrogen) atoms. The summed E-state index contributed by atoms with van der Waals surface area (Å²) in [6, 6.07) is 9.85. The van der Waals surface area contributed by atoms with Gasteiger partial charge in [0.2, 0.25) is 0 Å². The number of carbonyl (C=O) groups is 1. The highest BCUT2D eigenvalue weighted by atomic mass is 35.5. The molecule has 3 heterocycles. The van der Waals surface area contributed by atoms with E-state index in [2.05, 4.69) is 15.0 Å². The SMILES string of the molecule is C[C@@H]1CC[C@@H](c2nc3cc(Cl)ccc3o2)CN1c1c(F)ccc(C=O)c1-c1ncccn1. The lowest BCUT2D eigenvalue weighted by molar-refractivity contribution is 0.112. The Balaban J connectivity index is 1.58. The number of carbonyl (C=O) groups excluding carboxylic acids is 1. The summed E-state index contributed by atoms with van der Waals surface area (Å²) in [4.78, 5) is 27.0. The molecule has 1 aliphatic heterocycles. The van der Waals surface area contributed by atoms with Gasteiger partial charge in [0.1, 0.15) is 11.3 Å². The van der Waals surface area contributed by atoms with Crippen LogP contribution in [0.25, 0.3) is 22.5 Å². The molecule has 0 aliphatic carbocycles. The molecule has 0 unspecified atom stereocenters. The molecule has 0 saturated carbocycles. The highest BCUT2D eigenvalue weighted by molar-refractivity contribution is 6.31. The third kappa shape index (κ3) is 3.62. The number of hydrogen-bond acceptors (Lipinski definition) is 6. The number of aromatic nitrogens is 3. The average Bonchev–Trinajstić information content (AvgIpc) is 3.23. The Morgan fingerprint density at radius 2 is 2.00 bits per heavy atom. The molecule has 1 aliphatic rings. The monoisotopic (exact) mass is 450 g/mol. The molecule has 0 bridgehead atoms. The van der Waals surface area contributed by atoms with Gasteiger partial charge in [0.15, 0.2) is 23.6 Å². The van der Waals surface area contributed by atoms with E-state index in [1.165, 1.54) is 12.1 Å². The van der Waals surface area contributed by atoms with Crippen molar-refractivity contribution in [2.75, 3.05) is 11.4 Å². The van der Waals surface area contributed by atoms with Crippen LogP contribution in [-0.4, -0.2) is 33.8 Å². The average molecular weight is 451 g/mol. The van der Waals surface area contributed by atoms with E-state index in [4.69, 9.17) is 16.0 Å². The van der Waals surface area contributed by atoms with E-state index >= 15 is 4.39 Å². The molecule has 0 N–H and O–H groups in total. The number of piperidine rings is 1. The molecular formula is C24H20ClFN4O2. The number of rotatable bonds is 4. The van der Waals surface area contributed by atoms with E-state index in [0.717, 1.165) is 12.8 Å². The minimum Gasteiger partial charge on any atom is -0.440 e. The normalized spacial score (nSPS) is 18.8. The summed E-state index contributed by atoms with van der Waals surface area (Å²) in [5.41, 5.74) is 2.44. The number of fused-ring (bicyclic) bond motifs is 1. The van der Waals surface area contributed by atoms with Crippen LogP contribution in [0.1, 0.15) is 41.9 Å². The Hall–Kier alpha value is -3.32. The first kappa shape index (κ1) is 20.6. The van der Waals surface area contributed by atoms with Gasteiger partial charge in [-0.1, -0.05) is 11.6 Å². The van der Waals surface area contributed by atoms with Crippen LogP contribution in [-0.2, 0) is 0 Å². The number of aldehydes is 1. The molecule has 2 atom stereocenters. The highest BCUT2D eigenvalue weighted by Gasteiger charge is 2.33. The number of halogens is 2. The fourth-order valence-electron chi connectivity index (χ4n) is 4.34. The maximum atomic E-state index is 15.3. The lowest BCUT2D eigenvalue weighted by Gasteiger charge is -2.39. The molecule has 6 nitrogen and oxygen atoms in total. The second kappa shape index (κ2) is 8.31. The summed E-state index contributed by atoms with van der Waals surface area (Å²) in [7, 11) is 0. The third-order valence-electron chi connectivity index (χ3n) is 5.96. The predicted molar refractivity (Wildman–Crippen MR) is 121 cm³/mol. The first-order valence-corrected chi connectivity index (χ1v) is 10.8. The van der Waals surface area contributed by atoms with Crippen LogP contribution >= 0.6 is 11.6 Å². The quantitative estimate of drug-likeness (QED) is 0.373. The number of anilines is 1. The number of oxazole rings is 1. The molecule has 162 valence electrons. The Morgan fingerprint density at radius 3 is 2.78 bits per heavy atom. The first-order valence-electron chi connectivity index (χ1n) is 10.4. The van der Waals surface area contributed by atoms with Gasteiger partial charge in [-0.25, -0.2) is 19.3 Å². The molecular weight excluding hydrogens is 431 g/mol. The van der Waals surface area contributed by atoms with E-state index < -0.39 is 5.82 Å². The van der Waals surface area contributed by atoms with Crippen molar-refractivity contribution in [3.63, 3.8) is 0 Å². The minimum atomic E-state index is -0.421. The molecule has 4 aromatic rings. The summed E-state index contributed by atoms with van der Waals surface area (Å²) in [6.07, 6.45) is 5.54. The highest BCUT2D eigenvalue weighted by Crippen LogP contribution is 2.40. The van der Waals surface area contributed by atoms with E-state index in [1.807, 2.05) is 11.8 Å². The lowest BCUT2D eigenvalue weighted by Crippen LogP contribution is -2.42. The molecule has 0 spiro atoms. The minimum absolute atomic E-state index is 0.0406. The van der Waals surface area contributed by atoms with Gasteiger partial charge in [-0.15, -0.1) is 0 Å². The van der Waals surface area contributed by atoms with Crippen molar-refractivity contribution in [3.05, 3.63) is 71.1 Å². The standard InChI is InChI=1S/C24H20ClFN4O2/c1-14-3-4-15(24-29-19-11-17(25)6-8-20(19)32-24)12-30(14)22-18(26)7-5-16(13-31)21(22)23-27-9-2-10-28-23/h2,5-11,13-15H,3-4,12H2,1H3/t14-,15-/m1/s1. The van der Waals surface area contributed by atoms with Crippen molar-refractivity contribution in [3.8, 4) is 11.4 Å². The van der Waals surface area contributed by atoms with Crippen molar-refractivity contribution in [2.45, 2.75) is 31.7 Å². The first-order chi connectivity index (χ1) is 15.5. The summed E-state index contributed by atoms with van der Waals surface area (Å²) in [6.45, 7) is 2.53. The van der Waals surface area contributed by atoms with Crippen molar-refractivity contribution >= 4 is 34.7 Å². The van der Waals surface area contributed by atoms with Gasteiger partial charge in [-0.2, -0.15) is 0 Å². The van der Waals surface area contributed by atoms with Crippen LogP contribution < -0.4 is 4.90 Å². The number of benzene rings is 2. The van der Waals surface area contributed by atoms with Gasteiger partial charge in [0.05, 0.1) is 17.2 Å². The summed E-state index contributed by atoms with van der Waals surface area (Å²) < 4.78 is 21.3. The van der Waals surface area contributed by atoms with E-state index in [0.29, 0.717) is 57.5 Å². The number of hydrogen-bond donors (Lipinski definition) is 0. The third-order valence-corrected chi connectivity index (χ3v) is 6.20. The zero-order chi connectivity index (χ0) is 22.2. The Bertz CT molecular complexity index is 1290. The van der Waals surface area contributed by atoms with Crippen molar-refractivity contribution < 1.29 is 13.6 Å². The van der Waals surface area contributed by atoms with Gasteiger partial charge in [0, 0.05) is 35.6 Å². The Labute approximate surface area is 189 Å². The number of nitrogens with zero attached hydrogens (tertiary/aromatic N) is 4. The lowest BCUT2D eigenvalue weighted by atomic mass is 9.91. The fourth-order valence-corrected chi connectivity index (χ4v) is 4.50. The van der Waals surface area contributed by atoms with Crippen molar-refractivity contribution in [1.29, 1.82) is 0 Å². The summed E-state index contributed by atoms with van der Waals surface area (Å²) >= 11 is 6.09. The van der Waals surface area contributed by atoms with Crippen LogP contribution in [0.15, 0.2) is 53.2 Å². The van der Waals surface area contributed by atoms with Gasteiger partial charge in [-0.05, 0) is 56.2 Å². The predicted octanol–water partition coefficient (Wildman–Crippen LogP) is 5.66. The molecule has 2 aromatic carbocycles. The van der Waals surface area contributed by atoms with Crippen LogP contribution in [0.3, 0.4) is 0 Å². The smallest absolute Gasteiger partial charge is 0.200 e. The maximum absolute atomic E-state index is 15.3. The van der Waals surface area contributed by atoms with Gasteiger partial charge >= 0.3 is 0 Å². The largest absolute Gasteiger partial charge is 0.440 e. The second-order valence-electron chi connectivity index (χ2n) is 7.99. The summed E-state index contributed by atoms with van der Waals surface area (Å²) in [5.74, 6) is 0.453. The summed E-state index contributed by atoms with van der Waals surface area (Å²) in [5, 5.41) is 0.594. The molecule has 5 rings (SSSR count). The molecule has 2 aromatic heterocycles. The zero-order valence-electron chi connectivity index (χ0n) is 17.3. The van der Waals surface area contributed by atoms with Crippen molar-refractivity contribution in [2.24, 2.45) is 0 Å². The van der Waals surface area contributed by atoms with Gasteiger partial charge in [-0.3, -0.25) is 4.79 Å². The van der Waals surface area contributed by atoms with Crippen molar-refractivity contribution in [1.82, 2.24) is 15.0 Å². The Kier molecular flexibility index (Phi) is 5.35. The molecule has 1 fully saturated rings. The van der Waals surface area contributed by atoms with Crippen LogP contribution in [0.5, 0.6) is 0 Å².